The minimum absolute atomic E-state index is 0.173. The summed E-state index contributed by atoms with van der Waals surface area (Å²) >= 11 is 0. The van der Waals surface area contributed by atoms with Gasteiger partial charge in [-0.3, -0.25) is 4.79 Å². The Balaban J connectivity index is 1.95. The number of nitrogens with zero attached hydrogens (tertiary/aromatic N) is 4. The van der Waals surface area contributed by atoms with Gasteiger partial charge < -0.3 is 5.32 Å². The molecule has 0 bridgehead atoms. The Kier molecular flexibility index (Phi) is 4.25. The fraction of sp³-hybridized carbons (Fsp3) is 0.222. The molecule has 0 aliphatic rings. The van der Waals surface area contributed by atoms with E-state index in [-0.39, 0.29) is 12.3 Å². The molecule has 0 unspecified atom stereocenters. The molecule has 2 aromatic carbocycles. The third kappa shape index (κ3) is 3.10. The summed E-state index contributed by atoms with van der Waals surface area (Å²) in [5.74, 6) is -0.331. The van der Waals surface area contributed by atoms with Gasteiger partial charge in [0.1, 0.15) is 17.5 Å². The highest BCUT2D eigenvalue weighted by molar-refractivity contribution is 5.95. The van der Waals surface area contributed by atoms with Crippen molar-refractivity contribution in [3.8, 4) is 11.8 Å². The highest BCUT2D eigenvalue weighted by Crippen LogP contribution is 2.22. The zero-order chi connectivity index (χ0) is 17.1. The van der Waals surface area contributed by atoms with E-state index in [2.05, 4.69) is 34.6 Å². The van der Waals surface area contributed by atoms with Crippen molar-refractivity contribution >= 4 is 22.6 Å². The standard InChI is InChI=1S/C18H17N5O/c1-3-13-4-6-14(7-5-13)23-21-16-10-12(2)15(11-17(16)22-23)20-18(24)8-9-19/h4-7,10-11H,3,8H2,1-2H3,(H,20,24). The Morgan fingerprint density at radius 1 is 1.21 bits per heavy atom. The number of nitriles is 1. The summed E-state index contributed by atoms with van der Waals surface area (Å²) in [6.45, 7) is 4.00. The largest absolute Gasteiger partial charge is 0.325 e. The smallest absolute Gasteiger partial charge is 0.238 e. The van der Waals surface area contributed by atoms with E-state index in [0.717, 1.165) is 23.2 Å². The highest BCUT2D eigenvalue weighted by atomic mass is 16.1. The molecule has 0 spiro atoms. The monoisotopic (exact) mass is 319 g/mol. The molecule has 3 aromatic rings. The molecule has 0 fully saturated rings. The van der Waals surface area contributed by atoms with E-state index in [1.807, 2.05) is 31.2 Å². The van der Waals surface area contributed by atoms with Crippen LogP contribution in [-0.2, 0) is 11.2 Å². The van der Waals surface area contributed by atoms with E-state index in [1.54, 1.807) is 10.9 Å². The first kappa shape index (κ1) is 15.7. The van der Waals surface area contributed by atoms with Gasteiger partial charge in [-0.1, -0.05) is 19.1 Å². The summed E-state index contributed by atoms with van der Waals surface area (Å²) in [6.07, 6.45) is 0.813. The zero-order valence-electron chi connectivity index (χ0n) is 13.6. The van der Waals surface area contributed by atoms with Crippen LogP contribution in [0.2, 0.25) is 0 Å². The van der Waals surface area contributed by atoms with E-state index >= 15 is 0 Å². The second kappa shape index (κ2) is 6.50. The molecule has 1 amide bonds. The van der Waals surface area contributed by atoms with Crippen LogP contribution in [0.25, 0.3) is 16.7 Å². The van der Waals surface area contributed by atoms with E-state index in [4.69, 9.17) is 5.26 Å². The van der Waals surface area contributed by atoms with Crippen LogP contribution in [0, 0.1) is 18.3 Å². The van der Waals surface area contributed by atoms with Crippen LogP contribution < -0.4 is 5.32 Å². The van der Waals surface area contributed by atoms with Crippen molar-refractivity contribution in [1.29, 1.82) is 5.26 Å². The van der Waals surface area contributed by atoms with Crippen LogP contribution in [-0.4, -0.2) is 20.9 Å². The molecule has 1 heterocycles. The second-order valence-electron chi connectivity index (χ2n) is 5.55. The topological polar surface area (TPSA) is 83.6 Å². The van der Waals surface area contributed by atoms with Crippen molar-refractivity contribution in [2.45, 2.75) is 26.7 Å². The Hall–Kier alpha value is -3.20. The van der Waals surface area contributed by atoms with Crippen LogP contribution in [0.5, 0.6) is 0 Å². The Labute approximate surface area is 139 Å². The van der Waals surface area contributed by atoms with Crippen molar-refractivity contribution < 1.29 is 4.79 Å². The maximum absolute atomic E-state index is 11.6. The number of benzene rings is 2. The van der Waals surface area contributed by atoms with E-state index in [9.17, 15) is 4.79 Å². The molecular weight excluding hydrogens is 302 g/mol. The van der Waals surface area contributed by atoms with Gasteiger partial charge in [-0.2, -0.15) is 10.1 Å². The van der Waals surface area contributed by atoms with Crippen LogP contribution >= 0.6 is 0 Å². The van der Waals surface area contributed by atoms with Gasteiger partial charge in [0.05, 0.1) is 11.8 Å². The molecule has 0 aliphatic carbocycles. The van der Waals surface area contributed by atoms with Crippen molar-refractivity contribution in [3.05, 3.63) is 47.5 Å². The number of aryl methyl sites for hydroxylation is 2. The summed E-state index contributed by atoms with van der Waals surface area (Å²) in [6, 6.07) is 13.6. The average molecular weight is 319 g/mol. The van der Waals surface area contributed by atoms with Gasteiger partial charge in [-0.15, -0.1) is 10.2 Å². The van der Waals surface area contributed by atoms with Crippen LogP contribution in [0.15, 0.2) is 36.4 Å². The SMILES string of the molecule is CCc1ccc(-n2nc3cc(C)c(NC(=O)CC#N)cc3n2)cc1. The predicted molar refractivity (Wildman–Crippen MR) is 91.8 cm³/mol. The number of carbonyl (C=O) groups excluding carboxylic acids is 1. The summed E-state index contributed by atoms with van der Waals surface area (Å²) in [5, 5.41) is 20.3. The van der Waals surface area contributed by atoms with Crippen molar-refractivity contribution in [1.82, 2.24) is 15.0 Å². The third-order valence-corrected chi connectivity index (χ3v) is 3.82. The predicted octanol–water partition coefficient (Wildman–Crippen LogP) is 3.14. The lowest BCUT2D eigenvalue weighted by Gasteiger charge is -2.05. The molecule has 0 atom stereocenters. The molecule has 0 aliphatic heterocycles. The number of carbonyl (C=O) groups is 1. The van der Waals surface area contributed by atoms with Crippen LogP contribution in [0.3, 0.4) is 0 Å². The molecule has 0 radical (unpaired) electrons. The van der Waals surface area contributed by atoms with Gasteiger partial charge >= 0.3 is 0 Å². The molecule has 120 valence electrons. The Morgan fingerprint density at radius 2 is 1.88 bits per heavy atom. The molecule has 1 aromatic heterocycles. The summed E-state index contributed by atoms with van der Waals surface area (Å²) in [7, 11) is 0. The zero-order valence-corrected chi connectivity index (χ0v) is 13.6. The van der Waals surface area contributed by atoms with Gasteiger partial charge in [-0.25, -0.2) is 0 Å². The molecular formula is C18H17N5O. The average Bonchev–Trinajstić information content (AvgIpc) is 2.98. The maximum atomic E-state index is 11.6. The normalized spacial score (nSPS) is 10.5. The van der Waals surface area contributed by atoms with Gasteiger partial charge in [0.2, 0.25) is 5.91 Å². The van der Waals surface area contributed by atoms with Gasteiger partial charge in [-0.05, 0) is 48.7 Å². The Morgan fingerprint density at radius 3 is 2.50 bits per heavy atom. The molecule has 1 N–H and O–H groups in total. The van der Waals surface area contributed by atoms with E-state index < -0.39 is 0 Å². The number of nitrogens with one attached hydrogen (secondary N) is 1. The number of anilines is 1. The lowest BCUT2D eigenvalue weighted by atomic mass is 10.1. The van der Waals surface area contributed by atoms with Gasteiger partial charge in [0.25, 0.3) is 0 Å². The first-order chi connectivity index (χ1) is 11.6. The number of aromatic nitrogens is 3. The van der Waals surface area contributed by atoms with E-state index in [1.165, 1.54) is 5.56 Å². The molecule has 6 nitrogen and oxygen atoms in total. The fourth-order valence-electron chi connectivity index (χ4n) is 2.45. The molecule has 6 heteroatoms. The van der Waals surface area contributed by atoms with Gasteiger partial charge in [0, 0.05) is 5.69 Å². The van der Waals surface area contributed by atoms with Crippen molar-refractivity contribution in [2.75, 3.05) is 5.32 Å². The molecule has 24 heavy (non-hydrogen) atoms. The van der Waals surface area contributed by atoms with Gasteiger partial charge in [0.15, 0.2) is 0 Å². The van der Waals surface area contributed by atoms with Crippen LogP contribution in [0.4, 0.5) is 5.69 Å². The number of amides is 1. The maximum Gasteiger partial charge on any atom is 0.238 e. The first-order valence-corrected chi connectivity index (χ1v) is 7.74. The number of rotatable bonds is 4. The molecule has 0 saturated heterocycles. The number of hydrogen-bond acceptors (Lipinski definition) is 4. The number of hydrogen-bond donors (Lipinski definition) is 1. The van der Waals surface area contributed by atoms with Crippen molar-refractivity contribution in [3.63, 3.8) is 0 Å². The molecule has 0 saturated carbocycles. The second-order valence-corrected chi connectivity index (χ2v) is 5.55. The summed E-state index contributed by atoms with van der Waals surface area (Å²) in [5.41, 5.74) is 5.11. The minimum atomic E-state index is -0.331. The first-order valence-electron chi connectivity index (χ1n) is 7.74. The highest BCUT2D eigenvalue weighted by Gasteiger charge is 2.10. The molecule has 3 rings (SSSR count). The lowest BCUT2D eigenvalue weighted by Crippen LogP contribution is -2.11. The Bertz CT molecular complexity index is 934. The van der Waals surface area contributed by atoms with Crippen LogP contribution in [0.1, 0.15) is 24.5 Å². The van der Waals surface area contributed by atoms with Crippen molar-refractivity contribution in [2.24, 2.45) is 0 Å². The lowest BCUT2D eigenvalue weighted by molar-refractivity contribution is -0.115. The minimum Gasteiger partial charge on any atom is -0.325 e. The summed E-state index contributed by atoms with van der Waals surface area (Å²) < 4.78 is 0. The fourth-order valence-corrected chi connectivity index (χ4v) is 2.45. The quantitative estimate of drug-likeness (QED) is 0.800. The van der Waals surface area contributed by atoms with E-state index in [0.29, 0.717) is 11.2 Å². The summed E-state index contributed by atoms with van der Waals surface area (Å²) in [4.78, 5) is 13.2. The number of fused-ring (bicyclic) bond motifs is 1. The third-order valence-electron chi connectivity index (χ3n) is 3.82.